The molecule has 6 heteroatoms. The Morgan fingerprint density at radius 3 is 2.56 bits per heavy atom. The van der Waals surface area contributed by atoms with Gasteiger partial charge in [0.15, 0.2) is 11.5 Å². The molecule has 1 fully saturated rings. The van der Waals surface area contributed by atoms with Crippen molar-refractivity contribution >= 4 is 23.1 Å². The molecule has 1 aliphatic carbocycles. The van der Waals surface area contributed by atoms with Crippen LogP contribution >= 0.6 is 11.3 Å². The zero-order valence-corrected chi connectivity index (χ0v) is 15.4. The molecule has 1 aliphatic rings. The van der Waals surface area contributed by atoms with Crippen LogP contribution in [0.4, 0.5) is 10.5 Å². The molecule has 0 spiro atoms. The highest BCUT2D eigenvalue weighted by Gasteiger charge is 2.28. The third kappa shape index (κ3) is 4.25. The Balaban J connectivity index is 1.69. The molecule has 3 rings (SSSR count). The maximum atomic E-state index is 12.5. The lowest BCUT2D eigenvalue weighted by molar-refractivity contribution is 0.243. The highest BCUT2D eigenvalue weighted by molar-refractivity contribution is 7.10. The summed E-state index contributed by atoms with van der Waals surface area (Å²) in [5.41, 5.74) is 0.673. The van der Waals surface area contributed by atoms with Crippen LogP contribution in [-0.4, -0.2) is 20.3 Å². The number of hydrogen-bond acceptors (Lipinski definition) is 4. The predicted octanol–water partition coefficient (Wildman–Crippen LogP) is 4.82. The Kier molecular flexibility index (Phi) is 5.81. The number of ether oxygens (including phenoxy) is 2. The third-order valence-electron chi connectivity index (χ3n) is 4.65. The van der Waals surface area contributed by atoms with Gasteiger partial charge in [-0.15, -0.1) is 11.3 Å². The molecule has 2 N–H and O–H groups in total. The van der Waals surface area contributed by atoms with Gasteiger partial charge < -0.3 is 20.1 Å². The quantitative estimate of drug-likeness (QED) is 0.776. The number of carbonyl (C=O) groups excluding carboxylic acids is 1. The summed E-state index contributed by atoms with van der Waals surface area (Å²) in [6.07, 6.45) is 4.81. The van der Waals surface area contributed by atoms with Crippen molar-refractivity contribution in [3.05, 3.63) is 40.6 Å². The average molecular weight is 360 g/mol. The zero-order valence-electron chi connectivity index (χ0n) is 14.6. The van der Waals surface area contributed by atoms with Crippen molar-refractivity contribution in [2.75, 3.05) is 19.5 Å². The molecule has 5 nitrogen and oxygen atoms in total. The van der Waals surface area contributed by atoms with E-state index < -0.39 is 0 Å². The van der Waals surface area contributed by atoms with Crippen molar-refractivity contribution in [3.63, 3.8) is 0 Å². The number of nitrogens with one attached hydrogen (secondary N) is 2. The number of amides is 2. The Hall–Kier alpha value is -2.21. The minimum Gasteiger partial charge on any atom is -0.493 e. The van der Waals surface area contributed by atoms with Crippen LogP contribution in [0.5, 0.6) is 11.5 Å². The number of urea groups is 1. The Labute approximate surface area is 152 Å². The van der Waals surface area contributed by atoms with Gasteiger partial charge in [0.05, 0.1) is 20.3 Å². The van der Waals surface area contributed by atoms with E-state index in [9.17, 15) is 4.79 Å². The molecule has 1 aromatic heterocycles. The second-order valence-corrected chi connectivity index (χ2v) is 7.19. The maximum absolute atomic E-state index is 12.5. The van der Waals surface area contributed by atoms with E-state index in [1.54, 1.807) is 43.8 Å². The number of carbonyl (C=O) groups is 1. The van der Waals surface area contributed by atoms with E-state index >= 15 is 0 Å². The lowest BCUT2D eigenvalue weighted by Gasteiger charge is -2.24. The van der Waals surface area contributed by atoms with Gasteiger partial charge in [-0.05, 0) is 42.3 Å². The van der Waals surface area contributed by atoms with Crippen molar-refractivity contribution in [2.45, 2.75) is 31.7 Å². The fraction of sp³-hybridized carbons (Fsp3) is 0.421. The second kappa shape index (κ2) is 8.25. The summed E-state index contributed by atoms with van der Waals surface area (Å²) in [6.45, 7) is 0. The fourth-order valence-electron chi connectivity index (χ4n) is 3.40. The first-order valence-corrected chi connectivity index (χ1v) is 9.42. The first kappa shape index (κ1) is 17.6. The molecule has 1 atom stereocenters. The fourth-order valence-corrected chi connectivity index (χ4v) is 4.27. The second-order valence-electron chi connectivity index (χ2n) is 6.21. The maximum Gasteiger partial charge on any atom is 0.319 e. The van der Waals surface area contributed by atoms with Gasteiger partial charge in [-0.3, -0.25) is 0 Å². The number of methoxy groups -OCH3 is 2. The molecule has 0 unspecified atom stereocenters. The van der Waals surface area contributed by atoms with E-state index in [0.29, 0.717) is 23.1 Å². The molecule has 2 aromatic rings. The predicted molar refractivity (Wildman–Crippen MR) is 101 cm³/mol. The minimum atomic E-state index is -0.197. The van der Waals surface area contributed by atoms with Gasteiger partial charge in [0, 0.05) is 16.6 Å². The van der Waals surface area contributed by atoms with Crippen molar-refractivity contribution in [2.24, 2.45) is 5.92 Å². The van der Waals surface area contributed by atoms with E-state index in [-0.39, 0.29) is 12.1 Å². The van der Waals surface area contributed by atoms with Gasteiger partial charge in [-0.2, -0.15) is 0 Å². The molecule has 0 saturated heterocycles. The highest BCUT2D eigenvalue weighted by atomic mass is 32.1. The highest BCUT2D eigenvalue weighted by Crippen LogP contribution is 2.37. The average Bonchev–Trinajstić information content (AvgIpc) is 3.33. The minimum absolute atomic E-state index is 0.0719. The molecular weight excluding hydrogens is 336 g/mol. The van der Waals surface area contributed by atoms with Crippen molar-refractivity contribution in [3.8, 4) is 11.5 Å². The zero-order chi connectivity index (χ0) is 17.6. The molecule has 134 valence electrons. The van der Waals surface area contributed by atoms with Crippen LogP contribution in [0.2, 0.25) is 0 Å². The lowest BCUT2D eigenvalue weighted by atomic mass is 9.97. The summed E-state index contributed by atoms with van der Waals surface area (Å²) in [5, 5.41) is 8.13. The van der Waals surface area contributed by atoms with Crippen LogP contribution in [0.25, 0.3) is 0 Å². The van der Waals surface area contributed by atoms with E-state index in [1.165, 1.54) is 30.6 Å². The van der Waals surface area contributed by atoms with Crippen molar-refractivity contribution in [1.82, 2.24) is 5.32 Å². The van der Waals surface area contributed by atoms with Gasteiger partial charge >= 0.3 is 6.03 Å². The molecule has 1 saturated carbocycles. The van der Waals surface area contributed by atoms with Crippen LogP contribution in [0.1, 0.15) is 36.6 Å². The molecule has 0 radical (unpaired) electrons. The summed E-state index contributed by atoms with van der Waals surface area (Å²) < 4.78 is 10.5. The van der Waals surface area contributed by atoms with Crippen LogP contribution in [0, 0.1) is 5.92 Å². The number of benzene rings is 1. The van der Waals surface area contributed by atoms with Gasteiger partial charge in [0.25, 0.3) is 0 Å². The first-order valence-electron chi connectivity index (χ1n) is 8.54. The molecular formula is C19H24N2O3S. The van der Waals surface area contributed by atoms with Crippen molar-refractivity contribution in [1.29, 1.82) is 0 Å². The summed E-state index contributed by atoms with van der Waals surface area (Å²) in [6, 6.07) is 9.35. The van der Waals surface area contributed by atoms with Gasteiger partial charge in [-0.25, -0.2) is 4.79 Å². The summed E-state index contributed by atoms with van der Waals surface area (Å²) in [5.74, 6) is 1.73. The standard InChI is InChI=1S/C19H24N2O3S/c1-23-15-10-9-14(12-16(15)24-2)20-19(22)21-18(13-6-3-4-7-13)17-8-5-11-25-17/h5,8-13,18H,3-4,6-7H2,1-2H3,(H2,20,21,22)/t18-/m1/s1. The third-order valence-corrected chi connectivity index (χ3v) is 5.60. The van der Waals surface area contributed by atoms with Crippen LogP contribution in [0.3, 0.4) is 0 Å². The number of thiophene rings is 1. The number of rotatable bonds is 6. The molecule has 1 heterocycles. The summed E-state index contributed by atoms with van der Waals surface area (Å²) >= 11 is 1.70. The Morgan fingerprint density at radius 2 is 1.92 bits per heavy atom. The largest absolute Gasteiger partial charge is 0.493 e. The summed E-state index contributed by atoms with van der Waals surface area (Å²) in [7, 11) is 3.17. The first-order chi connectivity index (χ1) is 12.2. The monoisotopic (exact) mass is 360 g/mol. The van der Waals surface area contributed by atoms with Gasteiger partial charge in [-0.1, -0.05) is 18.9 Å². The SMILES string of the molecule is COc1ccc(NC(=O)N[C@@H](c2cccs2)C2CCCC2)cc1OC. The molecule has 0 aliphatic heterocycles. The van der Waals surface area contributed by atoms with E-state index in [4.69, 9.17) is 9.47 Å². The topological polar surface area (TPSA) is 59.6 Å². The van der Waals surface area contributed by atoms with Gasteiger partial charge in [0.1, 0.15) is 0 Å². The molecule has 2 amide bonds. The smallest absolute Gasteiger partial charge is 0.319 e. The molecule has 25 heavy (non-hydrogen) atoms. The normalized spacial score (nSPS) is 15.6. The molecule has 1 aromatic carbocycles. The van der Waals surface area contributed by atoms with E-state index in [0.717, 1.165) is 0 Å². The number of anilines is 1. The number of hydrogen-bond donors (Lipinski definition) is 2. The van der Waals surface area contributed by atoms with Crippen LogP contribution in [0.15, 0.2) is 35.7 Å². The van der Waals surface area contributed by atoms with Gasteiger partial charge in [0.2, 0.25) is 0 Å². The Bertz CT molecular complexity index is 697. The summed E-state index contributed by atoms with van der Waals surface area (Å²) in [4.78, 5) is 13.8. The van der Waals surface area contributed by atoms with Crippen LogP contribution < -0.4 is 20.1 Å². The van der Waals surface area contributed by atoms with Crippen LogP contribution in [-0.2, 0) is 0 Å². The lowest BCUT2D eigenvalue weighted by Crippen LogP contribution is -2.35. The Morgan fingerprint density at radius 1 is 1.16 bits per heavy atom. The van der Waals surface area contributed by atoms with E-state index in [1.807, 2.05) is 6.07 Å². The van der Waals surface area contributed by atoms with E-state index in [2.05, 4.69) is 22.1 Å². The van der Waals surface area contributed by atoms with Crippen molar-refractivity contribution < 1.29 is 14.3 Å². The molecule has 0 bridgehead atoms.